The van der Waals surface area contributed by atoms with Crippen molar-refractivity contribution in [2.24, 2.45) is 0 Å². The summed E-state index contributed by atoms with van der Waals surface area (Å²) in [6.07, 6.45) is -0.836. The Balaban J connectivity index is 2.44. The van der Waals surface area contributed by atoms with Crippen molar-refractivity contribution in [2.75, 3.05) is 20.7 Å². The van der Waals surface area contributed by atoms with Crippen LogP contribution in [0.2, 0.25) is 5.02 Å². The maximum absolute atomic E-state index is 14.5. The molecule has 2 atom stereocenters. The number of amides is 2. The topological polar surface area (TPSA) is 106 Å². The Bertz CT molecular complexity index is 1150. The van der Waals surface area contributed by atoms with Crippen molar-refractivity contribution < 1.29 is 38.1 Å². The molecule has 1 unspecified atom stereocenters. The van der Waals surface area contributed by atoms with E-state index in [-0.39, 0.29) is 11.6 Å². The Morgan fingerprint density at radius 3 is 2.18 bits per heavy atom. The molecule has 0 saturated carbocycles. The summed E-state index contributed by atoms with van der Waals surface area (Å²) in [5, 5.41) is 9.36. The Morgan fingerprint density at radius 1 is 1.08 bits per heavy atom. The Morgan fingerprint density at radius 2 is 1.66 bits per heavy atom. The monoisotopic (exact) mass is 552 g/mol. The number of nitrogens with zero attached hydrogens (tertiary/aromatic N) is 2. The molecular weight excluding hydrogens is 519 g/mol. The second-order valence-corrected chi connectivity index (χ2v) is 10.1. The van der Waals surface area contributed by atoms with E-state index in [1.807, 2.05) is 0 Å². The van der Waals surface area contributed by atoms with Crippen LogP contribution in [-0.2, 0) is 20.9 Å². The van der Waals surface area contributed by atoms with E-state index in [0.717, 1.165) is 15.9 Å². The van der Waals surface area contributed by atoms with Gasteiger partial charge in [-0.2, -0.15) is 0 Å². The highest BCUT2D eigenvalue weighted by molar-refractivity contribution is 6.31. The van der Waals surface area contributed by atoms with Crippen LogP contribution in [0.25, 0.3) is 0 Å². The lowest BCUT2D eigenvalue weighted by Gasteiger charge is -2.34. The highest BCUT2D eigenvalue weighted by atomic mass is 35.5. The number of hydrogen-bond donors (Lipinski definition) is 1. The average Bonchev–Trinajstić information content (AvgIpc) is 2.83. The first-order valence-electron chi connectivity index (χ1n) is 11.9. The molecule has 2 aromatic rings. The van der Waals surface area contributed by atoms with Crippen molar-refractivity contribution in [3.8, 4) is 11.5 Å². The predicted molar refractivity (Wildman–Crippen MR) is 140 cm³/mol. The van der Waals surface area contributed by atoms with Gasteiger partial charge in [-0.25, -0.2) is 14.0 Å². The van der Waals surface area contributed by atoms with Gasteiger partial charge in [0.1, 0.15) is 42.1 Å². The van der Waals surface area contributed by atoms with Gasteiger partial charge in [-0.15, -0.1) is 0 Å². The van der Waals surface area contributed by atoms with Gasteiger partial charge in [-0.05, 0) is 76.6 Å². The molecule has 0 spiro atoms. The fraction of sp³-hybridized carbons (Fsp3) is 0.444. The van der Waals surface area contributed by atoms with Gasteiger partial charge >= 0.3 is 12.1 Å². The predicted octanol–water partition coefficient (Wildman–Crippen LogP) is 5.30. The molecule has 0 bridgehead atoms. The molecule has 0 aliphatic rings. The Labute approximate surface area is 227 Å². The number of hydrogen-bond acceptors (Lipinski definition) is 6. The van der Waals surface area contributed by atoms with Crippen LogP contribution in [0.15, 0.2) is 36.4 Å². The first-order chi connectivity index (χ1) is 17.6. The van der Waals surface area contributed by atoms with Crippen molar-refractivity contribution in [1.29, 1.82) is 0 Å². The molecule has 11 heteroatoms. The van der Waals surface area contributed by atoms with E-state index in [4.69, 9.17) is 25.8 Å². The Hall–Kier alpha value is -3.53. The van der Waals surface area contributed by atoms with Gasteiger partial charge in [0, 0.05) is 12.6 Å². The number of rotatable bonds is 10. The van der Waals surface area contributed by atoms with Crippen LogP contribution in [0.4, 0.5) is 9.18 Å². The summed E-state index contributed by atoms with van der Waals surface area (Å²) in [6.45, 7) is 7.38. The molecule has 0 heterocycles. The number of ether oxygens (including phenoxy) is 3. The van der Waals surface area contributed by atoms with Crippen LogP contribution in [0.3, 0.4) is 0 Å². The van der Waals surface area contributed by atoms with Crippen LogP contribution in [0.1, 0.15) is 51.8 Å². The van der Waals surface area contributed by atoms with Crippen molar-refractivity contribution in [3.63, 3.8) is 0 Å². The van der Waals surface area contributed by atoms with Crippen LogP contribution >= 0.6 is 11.6 Å². The van der Waals surface area contributed by atoms with Gasteiger partial charge in [0.05, 0.1) is 18.2 Å². The minimum Gasteiger partial charge on any atom is -0.497 e. The molecule has 0 saturated heterocycles. The zero-order chi connectivity index (χ0) is 28.8. The fourth-order valence-corrected chi connectivity index (χ4v) is 3.73. The van der Waals surface area contributed by atoms with Crippen molar-refractivity contribution >= 4 is 29.6 Å². The van der Waals surface area contributed by atoms with E-state index in [1.165, 1.54) is 20.0 Å². The highest BCUT2D eigenvalue weighted by Crippen LogP contribution is 2.32. The molecule has 208 valence electrons. The fourth-order valence-electron chi connectivity index (χ4n) is 3.46. The summed E-state index contributed by atoms with van der Waals surface area (Å²) in [4.78, 5) is 39.7. The third-order valence-corrected chi connectivity index (χ3v) is 6.16. The minimum atomic E-state index is -1.20. The Kier molecular flexibility index (Phi) is 10.4. The second-order valence-electron chi connectivity index (χ2n) is 9.72. The number of carboxylic acid groups (broad SMARTS) is 1. The summed E-state index contributed by atoms with van der Waals surface area (Å²) in [5.74, 6) is -1.33. The molecule has 2 aromatic carbocycles. The van der Waals surface area contributed by atoms with Crippen LogP contribution in [0.5, 0.6) is 11.5 Å². The van der Waals surface area contributed by atoms with Crippen molar-refractivity contribution in [2.45, 2.75) is 58.9 Å². The summed E-state index contributed by atoms with van der Waals surface area (Å²) in [7, 11) is 2.87. The number of halogens is 2. The van der Waals surface area contributed by atoms with E-state index in [1.54, 1.807) is 59.1 Å². The van der Waals surface area contributed by atoms with E-state index in [0.29, 0.717) is 22.6 Å². The zero-order valence-corrected chi connectivity index (χ0v) is 23.3. The zero-order valence-electron chi connectivity index (χ0n) is 22.6. The first kappa shape index (κ1) is 30.7. The summed E-state index contributed by atoms with van der Waals surface area (Å²) >= 11 is 6.40. The largest absolute Gasteiger partial charge is 0.497 e. The number of carbonyl (C=O) groups excluding carboxylic acids is 2. The van der Waals surface area contributed by atoms with Gasteiger partial charge in [0.25, 0.3) is 0 Å². The minimum absolute atomic E-state index is 0.0584. The van der Waals surface area contributed by atoms with Crippen molar-refractivity contribution in [1.82, 2.24) is 9.80 Å². The second kappa shape index (κ2) is 12.8. The summed E-state index contributed by atoms with van der Waals surface area (Å²) in [5.41, 5.74) is -0.182. The molecule has 0 aliphatic heterocycles. The van der Waals surface area contributed by atoms with Gasteiger partial charge in [-0.1, -0.05) is 11.6 Å². The number of carboxylic acids is 1. The van der Waals surface area contributed by atoms with Gasteiger partial charge in [0.15, 0.2) is 0 Å². The van der Waals surface area contributed by atoms with Gasteiger partial charge < -0.3 is 24.2 Å². The number of carbonyl (C=O) groups is 3. The average molecular weight is 553 g/mol. The molecular formula is C27H34ClFN2O7. The molecule has 0 radical (unpaired) electrons. The third kappa shape index (κ3) is 8.24. The molecule has 0 aromatic heterocycles. The number of benzene rings is 2. The van der Waals surface area contributed by atoms with E-state index in [9.17, 15) is 23.9 Å². The lowest BCUT2D eigenvalue weighted by atomic mass is 10.00. The number of likely N-dealkylation sites (N-methyl/N-ethyl adjacent to an activating group) is 1. The standard InChI is InChI=1S/C27H34ClFN2O7/c1-16(31(26(35)38-27(3,4)5)14-24(32)30(6)17(2)25(33)34)21-12-18(29)13-23(28)22(21)15-37-20-10-8-19(36-7)9-11-20/h8-13,16-17H,14-15H2,1-7H3,(H,33,34)/t16-,17?/m0/s1. The molecule has 9 nitrogen and oxygen atoms in total. The SMILES string of the molecule is COc1ccc(OCc2c(Cl)cc(F)cc2[C@H](C)N(CC(=O)N(C)C(C)C(=O)O)C(=O)OC(C)(C)C)cc1. The van der Waals surface area contributed by atoms with Crippen LogP contribution in [0, 0.1) is 5.82 Å². The normalized spacial score (nSPS) is 12.8. The highest BCUT2D eigenvalue weighted by Gasteiger charge is 2.33. The quantitative estimate of drug-likeness (QED) is 0.426. The maximum atomic E-state index is 14.5. The number of aliphatic carboxylic acids is 1. The van der Waals surface area contributed by atoms with Crippen LogP contribution < -0.4 is 9.47 Å². The molecule has 2 rings (SSSR count). The molecule has 2 amide bonds. The smallest absolute Gasteiger partial charge is 0.411 e. The van der Waals surface area contributed by atoms with Gasteiger partial charge in [0.2, 0.25) is 5.91 Å². The molecule has 1 N–H and O–H groups in total. The maximum Gasteiger partial charge on any atom is 0.411 e. The summed E-state index contributed by atoms with van der Waals surface area (Å²) in [6, 6.07) is 7.16. The van der Waals surface area contributed by atoms with E-state index < -0.39 is 48.0 Å². The van der Waals surface area contributed by atoms with Crippen molar-refractivity contribution in [3.05, 3.63) is 58.4 Å². The van der Waals surface area contributed by atoms with E-state index in [2.05, 4.69) is 0 Å². The lowest BCUT2D eigenvalue weighted by molar-refractivity contribution is -0.148. The lowest BCUT2D eigenvalue weighted by Crippen LogP contribution is -2.48. The first-order valence-corrected chi connectivity index (χ1v) is 12.2. The molecule has 0 aliphatic carbocycles. The molecule has 38 heavy (non-hydrogen) atoms. The number of methoxy groups -OCH3 is 1. The third-order valence-electron chi connectivity index (χ3n) is 5.82. The van der Waals surface area contributed by atoms with Gasteiger partial charge in [-0.3, -0.25) is 9.69 Å². The summed E-state index contributed by atoms with van der Waals surface area (Å²) < 4.78 is 31.0. The molecule has 0 fully saturated rings. The van der Waals surface area contributed by atoms with E-state index >= 15 is 0 Å². The van der Waals surface area contributed by atoms with Crippen LogP contribution in [-0.4, -0.2) is 65.2 Å².